The third-order valence-electron chi connectivity index (χ3n) is 4.42. The molecule has 0 radical (unpaired) electrons. The number of benzene rings is 2. The average molecular weight is 410 g/mol. The van der Waals surface area contributed by atoms with Crippen LogP contribution in [0, 0.1) is 28.6 Å². The zero-order valence-electron chi connectivity index (χ0n) is 16.7. The summed E-state index contributed by atoms with van der Waals surface area (Å²) in [5, 5.41) is 23.0. The van der Waals surface area contributed by atoms with Crippen molar-refractivity contribution in [2.24, 2.45) is 5.92 Å². The number of hydrogen-bond acceptors (Lipinski definition) is 7. The number of nitrogens with zero attached hydrogens (tertiary/aromatic N) is 2. The minimum absolute atomic E-state index is 0.175. The van der Waals surface area contributed by atoms with Crippen LogP contribution in [-0.4, -0.2) is 26.9 Å². The fourth-order valence-corrected chi connectivity index (χ4v) is 4.01. The van der Waals surface area contributed by atoms with Crippen molar-refractivity contribution in [1.29, 1.82) is 10.5 Å². The second kappa shape index (κ2) is 9.56. The first-order valence-electron chi connectivity index (χ1n) is 9.43. The number of rotatable bonds is 8. The summed E-state index contributed by atoms with van der Waals surface area (Å²) in [5.41, 5.74) is 1.95. The Kier molecular flexibility index (Phi) is 6.87. The second-order valence-corrected chi connectivity index (χ2v) is 7.98. The third-order valence-corrected chi connectivity index (χ3v) is 5.59. The lowest BCUT2D eigenvalue weighted by Crippen LogP contribution is -2.13. The van der Waals surface area contributed by atoms with Gasteiger partial charge in [0.1, 0.15) is 35.6 Å². The van der Waals surface area contributed by atoms with Crippen LogP contribution in [-0.2, 0) is 4.74 Å². The fraction of sp³-hybridized carbons (Fsp3) is 0.364. The molecule has 0 amide bonds. The zero-order chi connectivity index (χ0) is 20.8. The van der Waals surface area contributed by atoms with Gasteiger partial charge in [-0.15, -0.1) is 0 Å². The number of para-hydroxylation sites is 1. The normalized spacial score (nSPS) is 11.7. The Balaban J connectivity index is 2.14. The van der Waals surface area contributed by atoms with Crippen molar-refractivity contribution in [2.45, 2.75) is 30.1 Å². The predicted octanol–water partition coefficient (Wildman–Crippen LogP) is 5.09. The molecule has 0 spiro atoms. The van der Waals surface area contributed by atoms with Crippen molar-refractivity contribution in [3.05, 3.63) is 35.4 Å². The molecule has 3 rings (SSSR count). The number of fused-ring (bicyclic) bond motifs is 2. The van der Waals surface area contributed by atoms with E-state index in [1.807, 2.05) is 24.3 Å². The van der Waals surface area contributed by atoms with Gasteiger partial charge in [-0.05, 0) is 24.5 Å². The van der Waals surface area contributed by atoms with E-state index in [1.54, 1.807) is 7.11 Å². The standard InChI is InChI=1S/C22H23N3O3S/c1-14(2)8-9-27-21-16(13-24)15(12-23)20(28-11-10-26-3)19-22(21)29-18-7-5-4-6-17(18)25-19/h4-7,14,25H,8-11H2,1-3H3. The number of nitrogens with one attached hydrogen (secondary N) is 1. The number of ether oxygens (including phenoxy) is 3. The highest BCUT2D eigenvalue weighted by Crippen LogP contribution is 2.54. The molecule has 1 heterocycles. The largest absolute Gasteiger partial charge is 0.491 e. The Bertz CT molecular complexity index is 977. The van der Waals surface area contributed by atoms with Crippen LogP contribution in [0.1, 0.15) is 31.4 Å². The minimum atomic E-state index is 0.175. The van der Waals surface area contributed by atoms with Crippen LogP contribution in [0.4, 0.5) is 11.4 Å². The van der Waals surface area contributed by atoms with Gasteiger partial charge < -0.3 is 19.5 Å². The van der Waals surface area contributed by atoms with E-state index in [2.05, 4.69) is 31.3 Å². The predicted molar refractivity (Wildman–Crippen MR) is 112 cm³/mol. The van der Waals surface area contributed by atoms with E-state index >= 15 is 0 Å². The molecule has 0 saturated carbocycles. The summed E-state index contributed by atoms with van der Waals surface area (Å²) in [5.74, 6) is 1.26. The maximum absolute atomic E-state index is 9.84. The summed E-state index contributed by atoms with van der Waals surface area (Å²) in [6, 6.07) is 12.2. The van der Waals surface area contributed by atoms with Gasteiger partial charge in [-0.1, -0.05) is 37.7 Å². The first kappa shape index (κ1) is 20.9. The molecule has 29 heavy (non-hydrogen) atoms. The van der Waals surface area contributed by atoms with Gasteiger partial charge in [-0.3, -0.25) is 0 Å². The van der Waals surface area contributed by atoms with Crippen molar-refractivity contribution in [3.8, 4) is 23.6 Å². The number of anilines is 2. The number of methoxy groups -OCH3 is 1. The molecule has 0 saturated heterocycles. The van der Waals surface area contributed by atoms with Crippen LogP contribution >= 0.6 is 11.8 Å². The minimum Gasteiger partial charge on any atom is -0.491 e. The molecule has 2 aromatic carbocycles. The number of hydrogen-bond donors (Lipinski definition) is 1. The van der Waals surface area contributed by atoms with Crippen LogP contribution in [0.3, 0.4) is 0 Å². The summed E-state index contributed by atoms with van der Waals surface area (Å²) in [6.45, 7) is 5.34. The van der Waals surface area contributed by atoms with E-state index in [4.69, 9.17) is 14.2 Å². The quantitative estimate of drug-likeness (QED) is 0.519. The van der Waals surface area contributed by atoms with Gasteiger partial charge in [0, 0.05) is 12.0 Å². The molecule has 0 aliphatic carbocycles. The van der Waals surface area contributed by atoms with Crippen molar-refractivity contribution in [1.82, 2.24) is 0 Å². The monoisotopic (exact) mass is 409 g/mol. The lowest BCUT2D eigenvalue weighted by atomic mass is 10.0. The molecule has 7 heteroatoms. The first-order valence-corrected chi connectivity index (χ1v) is 10.2. The summed E-state index contributed by atoms with van der Waals surface area (Å²) >= 11 is 1.51. The summed E-state index contributed by atoms with van der Waals surface area (Å²) in [7, 11) is 1.58. The zero-order valence-corrected chi connectivity index (χ0v) is 17.6. The third kappa shape index (κ3) is 4.42. The summed E-state index contributed by atoms with van der Waals surface area (Å²) < 4.78 is 17.0. The SMILES string of the molecule is COCCOc1c(C#N)c(C#N)c(OCCC(C)C)c2c1Nc1ccccc1S2. The lowest BCUT2D eigenvalue weighted by molar-refractivity contribution is 0.146. The molecule has 1 N–H and O–H groups in total. The van der Waals surface area contributed by atoms with E-state index in [1.165, 1.54) is 11.8 Å². The average Bonchev–Trinajstić information content (AvgIpc) is 2.72. The molecule has 0 unspecified atom stereocenters. The Hall–Kier alpha value is -2.87. The molecular formula is C22H23N3O3S. The Morgan fingerprint density at radius 3 is 2.38 bits per heavy atom. The van der Waals surface area contributed by atoms with E-state index in [-0.39, 0.29) is 17.7 Å². The molecular weight excluding hydrogens is 386 g/mol. The van der Waals surface area contributed by atoms with E-state index in [0.717, 1.165) is 21.9 Å². The van der Waals surface area contributed by atoms with Crippen molar-refractivity contribution >= 4 is 23.1 Å². The van der Waals surface area contributed by atoms with Crippen molar-refractivity contribution in [3.63, 3.8) is 0 Å². The molecule has 0 atom stereocenters. The number of nitriles is 2. The highest BCUT2D eigenvalue weighted by atomic mass is 32.2. The molecule has 0 aromatic heterocycles. The first-order chi connectivity index (χ1) is 14.1. The van der Waals surface area contributed by atoms with E-state index in [0.29, 0.717) is 36.3 Å². The van der Waals surface area contributed by atoms with Gasteiger partial charge in [0.25, 0.3) is 0 Å². The maximum atomic E-state index is 9.84. The highest BCUT2D eigenvalue weighted by molar-refractivity contribution is 7.99. The molecule has 2 aromatic rings. The van der Waals surface area contributed by atoms with Crippen LogP contribution in [0.25, 0.3) is 0 Å². The van der Waals surface area contributed by atoms with Gasteiger partial charge in [0.2, 0.25) is 0 Å². The second-order valence-electron chi connectivity index (χ2n) is 6.93. The van der Waals surface area contributed by atoms with Crippen LogP contribution in [0.15, 0.2) is 34.1 Å². The topological polar surface area (TPSA) is 87.3 Å². The molecule has 1 aliphatic rings. The molecule has 1 aliphatic heterocycles. The van der Waals surface area contributed by atoms with Gasteiger partial charge in [0.15, 0.2) is 11.5 Å². The summed E-state index contributed by atoms with van der Waals surface area (Å²) in [6.07, 6.45) is 0.850. The molecule has 0 bridgehead atoms. The van der Waals surface area contributed by atoms with Crippen LogP contribution < -0.4 is 14.8 Å². The maximum Gasteiger partial charge on any atom is 0.163 e. The van der Waals surface area contributed by atoms with Crippen molar-refractivity contribution < 1.29 is 14.2 Å². The van der Waals surface area contributed by atoms with Gasteiger partial charge in [0.05, 0.1) is 23.8 Å². The Labute approximate surface area is 175 Å². The van der Waals surface area contributed by atoms with Crippen LogP contribution in [0.2, 0.25) is 0 Å². The Morgan fingerprint density at radius 1 is 1.00 bits per heavy atom. The summed E-state index contributed by atoms with van der Waals surface area (Å²) in [4.78, 5) is 1.78. The van der Waals surface area contributed by atoms with E-state index in [9.17, 15) is 10.5 Å². The lowest BCUT2D eigenvalue weighted by Gasteiger charge is -2.27. The van der Waals surface area contributed by atoms with E-state index < -0.39 is 0 Å². The van der Waals surface area contributed by atoms with Gasteiger partial charge in [-0.2, -0.15) is 10.5 Å². The van der Waals surface area contributed by atoms with Gasteiger partial charge in [-0.25, -0.2) is 0 Å². The van der Waals surface area contributed by atoms with Gasteiger partial charge >= 0.3 is 0 Å². The highest BCUT2D eigenvalue weighted by Gasteiger charge is 2.30. The fourth-order valence-electron chi connectivity index (χ4n) is 2.92. The Morgan fingerprint density at radius 2 is 1.69 bits per heavy atom. The molecule has 6 nitrogen and oxygen atoms in total. The smallest absolute Gasteiger partial charge is 0.163 e. The molecule has 150 valence electrons. The van der Waals surface area contributed by atoms with Crippen LogP contribution in [0.5, 0.6) is 11.5 Å². The van der Waals surface area contributed by atoms with Crippen molar-refractivity contribution in [2.75, 3.05) is 32.2 Å². The molecule has 0 fully saturated rings.